The van der Waals surface area contributed by atoms with E-state index >= 15 is 0 Å². The molecule has 0 amide bonds. The summed E-state index contributed by atoms with van der Waals surface area (Å²) in [7, 11) is 0. The van der Waals surface area contributed by atoms with E-state index in [1.54, 1.807) is 0 Å². The Morgan fingerprint density at radius 1 is 1.30 bits per heavy atom. The maximum atomic E-state index is 2.58. The molecule has 10 heavy (non-hydrogen) atoms. The van der Waals surface area contributed by atoms with E-state index in [-0.39, 0.29) is 0 Å². The van der Waals surface area contributed by atoms with E-state index in [2.05, 4.69) is 27.5 Å². The summed E-state index contributed by atoms with van der Waals surface area (Å²) in [5.74, 6) is 0. The minimum absolute atomic E-state index is 0.811. The smallest absolute Gasteiger partial charge is 0.0505 e. The van der Waals surface area contributed by atoms with Crippen molar-refractivity contribution in [3.05, 3.63) is 0 Å². The fourth-order valence-electron chi connectivity index (χ4n) is 2.21. The topological polar surface area (TPSA) is 3.24 Å². The summed E-state index contributed by atoms with van der Waals surface area (Å²) in [6, 6.07) is 0. The highest BCUT2D eigenvalue weighted by molar-refractivity contribution is 14.1. The highest BCUT2D eigenvalue weighted by Gasteiger charge is 2.42. The van der Waals surface area contributed by atoms with Crippen molar-refractivity contribution < 1.29 is 0 Å². The first-order chi connectivity index (χ1) is 4.85. The molecule has 1 heterocycles. The van der Waals surface area contributed by atoms with Gasteiger partial charge in [-0.3, -0.25) is 4.90 Å². The van der Waals surface area contributed by atoms with E-state index in [1.165, 1.54) is 43.3 Å². The molecule has 0 aromatic carbocycles. The highest BCUT2D eigenvalue weighted by atomic mass is 127. The molecule has 0 aromatic heterocycles. The number of halogens is 1. The van der Waals surface area contributed by atoms with Gasteiger partial charge in [0, 0.05) is 6.54 Å². The first kappa shape index (κ1) is 7.35. The lowest BCUT2D eigenvalue weighted by molar-refractivity contribution is 0.145. The number of likely N-dealkylation sites (tertiary alicyclic amines) is 1. The average molecular weight is 251 g/mol. The molecule has 1 saturated carbocycles. The number of hydrogen-bond acceptors (Lipinski definition) is 1. The van der Waals surface area contributed by atoms with Crippen LogP contribution in [0.1, 0.15) is 25.7 Å². The number of alkyl halides is 1. The van der Waals surface area contributed by atoms with Crippen molar-refractivity contribution in [2.75, 3.05) is 17.6 Å². The van der Waals surface area contributed by atoms with Crippen LogP contribution < -0.4 is 0 Å². The molecular formula is C8H14IN. The third kappa shape index (κ3) is 1.09. The third-order valence-electron chi connectivity index (χ3n) is 3.10. The maximum Gasteiger partial charge on any atom is 0.0505 e. The van der Waals surface area contributed by atoms with Crippen molar-refractivity contribution in [3.8, 4) is 0 Å². The van der Waals surface area contributed by atoms with Crippen molar-refractivity contribution in [2.24, 2.45) is 5.41 Å². The Kier molecular flexibility index (Phi) is 1.93. The van der Waals surface area contributed by atoms with Crippen LogP contribution in [-0.2, 0) is 0 Å². The van der Waals surface area contributed by atoms with Crippen LogP contribution in [0.3, 0.4) is 0 Å². The Bertz CT molecular complexity index is 131. The minimum atomic E-state index is 0.811. The van der Waals surface area contributed by atoms with E-state index in [0.717, 1.165) is 5.41 Å². The summed E-state index contributed by atoms with van der Waals surface area (Å²) in [6.07, 6.45) is 6.01. The molecule has 0 atom stereocenters. The van der Waals surface area contributed by atoms with Crippen LogP contribution in [0.15, 0.2) is 0 Å². The highest BCUT2D eigenvalue weighted by Crippen LogP contribution is 2.47. The van der Waals surface area contributed by atoms with Crippen LogP contribution >= 0.6 is 22.6 Å². The van der Waals surface area contributed by atoms with Crippen molar-refractivity contribution >= 4 is 22.6 Å². The van der Waals surface area contributed by atoms with E-state index in [0.29, 0.717) is 0 Å². The van der Waals surface area contributed by atoms with Crippen LogP contribution in [0.2, 0.25) is 0 Å². The van der Waals surface area contributed by atoms with Gasteiger partial charge in [-0.1, -0.05) is 29.0 Å². The van der Waals surface area contributed by atoms with E-state index in [9.17, 15) is 0 Å². The zero-order chi connectivity index (χ0) is 7.03. The molecule has 0 aromatic rings. The van der Waals surface area contributed by atoms with Crippen LogP contribution in [0, 0.1) is 5.41 Å². The molecule has 0 bridgehead atoms. The second kappa shape index (κ2) is 2.63. The predicted molar refractivity (Wildman–Crippen MR) is 51.4 cm³/mol. The molecule has 2 aliphatic rings. The molecule has 1 nitrogen and oxygen atoms in total. The average Bonchev–Trinajstić information content (AvgIpc) is 2.29. The van der Waals surface area contributed by atoms with Gasteiger partial charge in [0.15, 0.2) is 0 Å². The lowest BCUT2D eigenvalue weighted by atomic mass is 9.68. The molecule has 0 unspecified atom stereocenters. The minimum Gasteiger partial charge on any atom is -0.294 e. The molecule has 2 fully saturated rings. The summed E-state index contributed by atoms with van der Waals surface area (Å²) in [5, 5.41) is 0. The molecule has 1 aliphatic carbocycles. The van der Waals surface area contributed by atoms with Crippen LogP contribution in [0.25, 0.3) is 0 Å². The van der Waals surface area contributed by atoms with E-state index < -0.39 is 0 Å². The quantitative estimate of drug-likeness (QED) is 0.392. The number of nitrogens with zero attached hydrogens (tertiary/aromatic N) is 1. The van der Waals surface area contributed by atoms with Gasteiger partial charge in [-0.2, -0.15) is 0 Å². The van der Waals surface area contributed by atoms with Gasteiger partial charge in [-0.15, -0.1) is 0 Å². The Labute approximate surface area is 76.3 Å². The fourth-order valence-corrected chi connectivity index (χ4v) is 2.80. The number of hydrogen-bond donors (Lipinski definition) is 0. The summed E-state index contributed by atoms with van der Waals surface area (Å²) in [5.41, 5.74) is 0.811. The second-order valence-electron chi connectivity index (χ2n) is 3.78. The normalized spacial score (nSPS) is 30.9. The standard InChI is InChI=1S/C8H14IN/c9-7-10-5-4-8(6-10)2-1-3-8/h1-7H2. The molecule has 58 valence electrons. The monoisotopic (exact) mass is 251 g/mol. The lowest BCUT2D eigenvalue weighted by Crippen LogP contribution is -2.32. The second-order valence-corrected chi connectivity index (χ2v) is 4.46. The summed E-state index contributed by atoms with van der Waals surface area (Å²) >= 11 is 2.47. The predicted octanol–water partition coefficient (Wildman–Crippen LogP) is 2.25. The van der Waals surface area contributed by atoms with E-state index in [4.69, 9.17) is 0 Å². The van der Waals surface area contributed by atoms with Crippen LogP contribution in [-0.4, -0.2) is 22.5 Å². The lowest BCUT2D eigenvalue weighted by Gasteiger charge is -2.38. The van der Waals surface area contributed by atoms with Gasteiger partial charge < -0.3 is 0 Å². The van der Waals surface area contributed by atoms with Crippen LogP contribution in [0.4, 0.5) is 0 Å². The third-order valence-corrected chi connectivity index (χ3v) is 4.07. The Balaban J connectivity index is 1.92. The first-order valence-corrected chi connectivity index (χ1v) is 5.66. The van der Waals surface area contributed by atoms with Crippen molar-refractivity contribution in [2.45, 2.75) is 25.7 Å². The van der Waals surface area contributed by atoms with Gasteiger partial charge in [-0.05, 0) is 31.2 Å². The van der Waals surface area contributed by atoms with Gasteiger partial charge in [0.2, 0.25) is 0 Å². The Morgan fingerprint density at radius 2 is 2.10 bits per heavy atom. The molecule has 1 aliphatic heterocycles. The zero-order valence-corrected chi connectivity index (χ0v) is 8.43. The van der Waals surface area contributed by atoms with Gasteiger partial charge in [0.1, 0.15) is 0 Å². The Hall–Kier alpha value is 0.690. The molecule has 2 heteroatoms. The van der Waals surface area contributed by atoms with Gasteiger partial charge >= 0.3 is 0 Å². The Morgan fingerprint density at radius 3 is 2.40 bits per heavy atom. The van der Waals surface area contributed by atoms with Crippen LogP contribution in [0.5, 0.6) is 0 Å². The summed E-state index contributed by atoms with van der Waals surface area (Å²) in [4.78, 5) is 2.58. The van der Waals surface area contributed by atoms with Gasteiger partial charge in [-0.25, -0.2) is 0 Å². The zero-order valence-electron chi connectivity index (χ0n) is 6.27. The summed E-state index contributed by atoms with van der Waals surface area (Å²) < 4.78 is 1.24. The largest absolute Gasteiger partial charge is 0.294 e. The van der Waals surface area contributed by atoms with Crippen molar-refractivity contribution in [3.63, 3.8) is 0 Å². The molecule has 0 N–H and O–H groups in total. The van der Waals surface area contributed by atoms with Gasteiger partial charge in [0.25, 0.3) is 0 Å². The van der Waals surface area contributed by atoms with Crippen molar-refractivity contribution in [1.29, 1.82) is 0 Å². The van der Waals surface area contributed by atoms with E-state index in [1.807, 2.05) is 0 Å². The first-order valence-electron chi connectivity index (χ1n) is 4.13. The van der Waals surface area contributed by atoms with Gasteiger partial charge in [0.05, 0.1) is 4.55 Å². The van der Waals surface area contributed by atoms with Crippen molar-refractivity contribution in [1.82, 2.24) is 4.90 Å². The SMILES string of the molecule is ICN1CCC2(CCC2)C1. The molecule has 1 saturated heterocycles. The molecule has 2 rings (SSSR count). The fraction of sp³-hybridized carbons (Fsp3) is 1.00. The molecular weight excluding hydrogens is 237 g/mol. The number of rotatable bonds is 1. The summed E-state index contributed by atoms with van der Waals surface area (Å²) in [6.45, 7) is 2.76. The maximum absolute atomic E-state index is 2.58. The molecule has 0 radical (unpaired) electrons. The molecule has 1 spiro atoms.